The molecule has 0 aliphatic carbocycles. The number of hydrogen-bond donors (Lipinski definition) is 2. The van der Waals surface area contributed by atoms with Crippen LogP contribution in [0.2, 0.25) is 0 Å². The normalized spacial score (nSPS) is 20.4. The molecule has 5 nitrogen and oxygen atoms in total. The molecule has 1 aliphatic heterocycles. The average molecular weight is 229 g/mol. The highest BCUT2D eigenvalue weighted by molar-refractivity contribution is 5.52. The number of H-pyrrole nitrogens is 1. The fourth-order valence-corrected chi connectivity index (χ4v) is 2.17. The summed E-state index contributed by atoms with van der Waals surface area (Å²) in [4.78, 5) is 8.63. The summed E-state index contributed by atoms with van der Waals surface area (Å²) in [5, 5.41) is 10.7. The molecule has 1 saturated heterocycles. The number of hydrogen-bond acceptors (Lipinski definition) is 4. The van der Waals surface area contributed by atoms with Crippen molar-refractivity contribution in [2.45, 2.75) is 18.8 Å². The van der Waals surface area contributed by atoms with Crippen molar-refractivity contribution in [2.24, 2.45) is 0 Å². The van der Waals surface area contributed by atoms with Gasteiger partial charge in [-0.05, 0) is 31.5 Å². The molecule has 2 aromatic heterocycles. The predicted molar refractivity (Wildman–Crippen MR) is 64.5 cm³/mol. The lowest BCUT2D eigenvalue weighted by atomic mass is 9.99. The first kappa shape index (κ1) is 10.4. The summed E-state index contributed by atoms with van der Waals surface area (Å²) in [7, 11) is 0. The van der Waals surface area contributed by atoms with E-state index in [9.17, 15) is 0 Å². The van der Waals surface area contributed by atoms with Gasteiger partial charge in [-0.3, -0.25) is 10.1 Å². The van der Waals surface area contributed by atoms with Crippen LogP contribution in [0.1, 0.15) is 24.6 Å². The van der Waals surface area contributed by atoms with Gasteiger partial charge in [0, 0.05) is 30.4 Å². The van der Waals surface area contributed by atoms with Crippen molar-refractivity contribution in [1.82, 2.24) is 25.5 Å². The lowest BCUT2D eigenvalue weighted by Crippen LogP contribution is -2.28. The zero-order chi connectivity index (χ0) is 11.5. The molecule has 1 aliphatic rings. The highest BCUT2D eigenvalue weighted by Gasteiger charge is 2.19. The molecule has 3 heterocycles. The second kappa shape index (κ2) is 4.63. The lowest BCUT2D eigenvalue weighted by molar-refractivity contribution is 0.447. The van der Waals surface area contributed by atoms with Crippen molar-refractivity contribution in [3.8, 4) is 11.4 Å². The Morgan fingerprint density at radius 1 is 1.35 bits per heavy atom. The third-order valence-corrected chi connectivity index (χ3v) is 3.11. The zero-order valence-electron chi connectivity index (χ0n) is 9.56. The van der Waals surface area contributed by atoms with E-state index in [0.29, 0.717) is 5.92 Å². The number of nitrogens with zero attached hydrogens (tertiary/aromatic N) is 3. The number of nitrogens with one attached hydrogen (secondary N) is 2. The molecule has 0 spiro atoms. The molecule has 88 valence electrons. The van der Waals surface area contributed by atoms with E-state index >= 15 is 0 Å². The summed E-state index contributed by atoms with van der Waals surface area (Å²) in [6, 6.07) is 3.87. The first-order valence-electron chi connectivity index (χ1n) is 5.97. The van der Waals surface area contributed by atoms with Gasteiger partial charge >= 0.3 is 0 Å². The maximum Gasteiger partial charge on any atom is 0.182 e. The van der Waals surface area contributed by atoms with Crippen LogP contribution in [0.25, 0.3) is 11.4 Å². The van der Waals surface area contributed by atoms with Crippen LogP contribution in [0.3, 0.4) is 0 Å². The van der Waals surface area contributed by atoms with Crippen LogP contribution in [0.4, 0.5) is 0 Å². The SMILES string of the molecule is c1cncc(-c2n[nH]c(C3CCCNC3)n2)c1. The van der Waals surface area contributed by atoms with Gasteiger partial charge in [-0.2, -0.15) is 5.10 Å². The van der Waals surface area contributed by atoms with Crippen LogP contribution >= 0.6 is 0 Å². The van der Waals surface area contributed by atoms with Crippen molar-refractivity contribution >= 4 is 0 Å². The molecule has 0 aromatic carbocycles. The molecular formula is C12H15N5. The van der Waals surface area contributed by atoms with Gasteiger partial charge in [0.1, 0.15) is 5.82 Å². The van der Waals surface area contributed by atoms with E-state index in [-0.39, 0.29) is 0 Å². The van der Waals surface area contributed by atoms with Crippen LogP contribution in [-0.4, -0.2) is 33.3 Å². The van der Waals surface area contributed by atoms with Crippen LogP contribution < -0.4 is 5.32 Å². The molecule has 1 unspecified atom stereocenters. The summed E-state index contributed by atoms with van der Waals surface area (Å²) in [5.74, 6) is 2.18. The van der Waals surface area contributed by atoms with Crippen molar-refractivity contribution in [2.75, 3.05) is 13.1 Å². The topological polar surface area (TPSA) is 66.5 Å². The smallest absolute Gasteiger partial charge is 0.182 e. The summed E-state index contributed by atoms with van der Waals surface area (Å²) >= 11 is 0. The molecule has 0 bridgehead atoms. The van der Waals surface area contributed by atoms with E-state index in [1.54, 1.807) is 12.4 Å². The first-order valence-corrected chi connectivity index (χ1v) is 5.97. The van der Waals surface area contributed by atoms with E-state index in [1.807, 2.05) is 12.1 Å². The second-order valence-electron chi connectivity index (χ2n) is 4.33. The van der Waals surface area contributed by atoms with Gasteiger partial charge in [-0.25, -0.2) is 4.98 Å². The van der Waals surface area contributed by atoms with E-state index in [4.69, 9.17) is 0 Å². The third kappa shape index (κ3) is 2.19. The molecule has 0 amide bonds. The van der Waals surface area contributed by atoms with Gasteiger partial charge in [-0.1, -0.05) is 0 Å². The van der Waals surface area contributed by atoms with E-state index < -0.39 is 0 Å². The van der Waals surface area contributed by atoms with Crippen LogP contribution in [0.5, 0.6) is 0 Å². The summed E-state index contributed by atoms with van der Waals surface area (Å²) < 4.78 is 0. The Morgan fingerprint density at radius 2 is 2.35 bits per heavy atom. The number of aromatic amines is 1. The molecule has 1 fully saturated rings. The lowest BCUT2D eigenvalue weighted by Gasteiger charge is -2.20. The predicted octanol–water partition coefficient (Wildman–Crippen LogP) is 1.33. The van der Waals surface area contributed by atoms with E-state index in [0.717, 1.165) is 30.3 Å². The average Bonchev–Trinajstić information content (AvgIpc) is 2.90. The monoisotopic (exact) mass is 229 g/mol. The Labute approximate surface area is 99.7 Å². The van der Waals surface area contributed by atoms with Gasteiger partial charge in [0.2, 0.25) is 0 Å². The zero-order valence-corrected chi connectivity index (χ0v) is 9.56. The number of aromatic nitrogens is 4. The van der Waals surface area contributed by atoms with Gasteiger partial charge in [0.15, 0.2) is 5.82 Å². The Balaban J connectivity index is 1.83. The second-order valence-corrected chi connectivity index (χ2v) is 4.33. The quantitative estimate of drug-likeness (QED) is 0.815. The molecule has 2 N–H and O–H groups in total. The Kier molecular flexibility index (Phi) is 2.83. The molecule has 17 heavy (non-hydrogen) atoms. The molecule has 5 heteroatoms. The molecule has 3 rings (SSSR count). The molecule has 0 saturated carbocycles. The number of piperidine rings is 1. The van der Waals surface area contributed by atoms with Crippen LogP contribution in [0.15, 0.2) is 24.5 Å². The Hall–Kier alpha value is -1.75. The van der Waals surface area contributed by atoms with Crippen molar-refractivity contribution < 1.29 is 0 Å². The minimum Gasteiger partial charge on any atom is -0.316 e. The van der Waals surface area contributed by atoms with Crippen molar-refractivity contribution in [3.63, 3.8) is 0 Å². The number of pyridine rings is 1. The first-order chi connectivity index (χ1) is 8.43. The molecular weight excluding hydrogens is 214 g/mol. The minimum atomic E-state index is 0.460. The summed E-state index contributed by atoms with van der Waals surface area (Å²) in [6.45, 7) is 2.10. The minimum absolute atomic E-state index is 0.460. The Bertz CT molecular complexity index is 473. The van der Waals surface area contributed by atoms with Crippen molar-refractivity contribution in [3.05, 3.63) is 30.4 Å². The summed E-state index contributed by atoms with van der Waals surface area (Å²) in [5.41, 5.74) is 0.957. The largest absolute Gasteiger partial charge is 0.316 e. The standard InChI is InChI=1S/C12H15N5/c1-3-9(7-13-5-1)11-15-12(17-16-11)10-4-2-6-14-8-10/h1,3,5,7,10,14H,2,4,6,8H2,(H,15,16,17). The number of rotatable bonds is 2. The maximum atomic E-state index is 4.56. The third-order valence-electron chi connectivity index (χ3n) is 3.11. The van der Waals surface area contributed by atoms with Crippen LogP contribution in [0, 0.1) is 0 Å². The molecule has 0 radical (unpaired) electrons. The van der Waals surface area contributed by atoms with E-state index in [1.165, 1.54) is 12.8 Å². The molecule has 1 atom stereocenters. The Morgan fingerprint density at radius 3 is 3.12 bits per heavy atom. The van der Waals surface area contributed by atoms with E-state index in [2.05, 4.69) is 25.5 Å². The maximum absolute atomic E-state index is 4.56. The van der Waals surface area contributed by atoms with Gasteiger partial charge < -0.3 is 5.32 Å². The fourth-order valence-electron chi connectivity index (χ4n) is 2.17. The van der Waals surface area contributed by atoms with Crippen molar-refractivity contribution in [1.29, 1.82) is 0 Å². The highest BCUT2D eigenvalue weighted by atomic mass is 15.2. The van der Waals surface area contributed by atoms with Crippen LogP contribution in [-0.2, 0) is 0 Å². The van der Waals surface area contributed by atoms with Gasteiger partial charge in [0.25, 0.3) is 0 Å². The fraction of sp³-hybridized carbons (Fsp3) is 0.417. The molecule has 2 aromatic rings. The van der Waals surface area contributed by atoms with Gasteiger partial charge in [-0.15, -0.1) is 0 Å². The summed E-state index contributed by atoms with van der Waals surface area (Å²) in [6.07, 6.45) is 5.91. The highest BCUT2D eigenvalue weighted by Crippen LogP contribution is 2.22. The van der Waals surface area contributed by atoms with Gasteiger partial charge in [0.05, 0.1) is 0 Å².